The summed E-state index contributed by atoms with van der Waals surface area (Å²) in [6.07, 6.45) is 1.97. The molecule has 2 saturated heterocycles. The lowest BCUT2D eigenvalue weighted by Gasteiger charge is -2.43. The smallest absolute Gasteiger partial charge is 0.344 e. The number of esters is 3. The summed E-state index contributed by atoms with van der Waals surface area (Å²) in [5.41, 5.74) is -2.19. The Labute approximate surface area is 219 Å². The van der Waals surface area contributed by atoms with Gasteiger partial charge in [-0.25, -0.2) is 4.79 Å². The molecule has 4 aliphatic heterocycles. The molecule has 12 heteroatoms. The Morgan fingerprint density at radius 1 is 0.921 bits per heavy atom. The van der Waals surface area contributed by atoms with Crippen LogP contribution in [0.15, 0.2) is 6.07 Å². The Kier molecular flexibility index (Phi) is 6.58. The molecule has 38 heavy (non-hydrogen) atoms. The first kappa shape index (κ1) is 25.2. The normalized spacial score (nSPS) is 26.9. The molecule has 5 aliphatic rings. The molecule has 1 unspecified atom stereocenters. The van der Waals surface area contributed by atoms with Crippen molar-refractivity contribution in [2.45, 2.75) is 50.3 Å². The first-order chi connectivity index (χ1) is 18.3. The van der Waals surface area contributed by atoms with E-state index in [9.17, 15) is 24.3 Å². The minimum Gasteiger partial charge on any atom is -0.426 e. The first-order valence-electron chi connectivity index (χ1n) is 13.2. The van der Waals surface area contributed by atoms with Gasteiger partial charge in [0.25, 0.3) is 5.91 Å². The summed E-state index contributed by atoms with van der Waals surface area (Å²) in [6.45, 7) is 4.77. The zero-order valence-electron chi connectivity index (χ0n) is 21.1. The van der Waals surface area contributed by atoms with Crippen LogP contribution in [0.5, 0.6) is 17.2 Å². The van der Waals surface area contributed by atoms with Crippen molar-refractivity contribution in [1.82, 2.24) is 14.7 Å². The van der Waals surface area contributed by atoms with Gasteiger partial charge >= 0.3 is 17.9 Å². The van der Waals surface area contributed by atoms with Crippen molar-refractivity contribution in [2.75, 3.05) is 52.5 Å². The molecule has 3 fully saturated rings. The summed E-state index contributed by atoms with van der Waals surface area (Å²) < 4.78 is 22.3. The highest BCUT2D eigenvalue weighted by molar-refractivity contribution is 6.02. The highest BCUT2D eigenvalue weighted by Crippen LogP contribution is 2.46. The number of aliphatic hydroxyl groups is 1. The van der Waals surface area contributed by atoms with Crippen molar-refractivity contribution in [1.29, 1.82) is 0 Å². The second-order valence-electron chi connectivity index (χ2n) is 10.6. The summed E-state index contributed by atoms with van der Waals surface area (Å²) in [5.74, 6) is -3.79. The predicted molar refractivity (Wildman–Crippen MR) is 129 cm³/mol. The lowest BCUT2D eigenvalue weighted by atomic mass is 9.91. The highest BCUT2D eigenvalue weighted by Gasteiger charge is 2.48. The van der Waals surface area contributed by atoms with Crippen LogP contribution in [-0.4, -0.2) is 108 Å². The third kappa shape index (κ3) is 4.66. The molecular formula is C26H31N3O9. The molecule has 0 radical (unpaired) electrons. The standard InChI is InChI=1S/C26H31N3O9/c30-20-13-26(34)14-21(31)37-22-17(24(32)29-6-4-28(5-7-29)16-2-1-3-16)12-19(36-20)18(23(22)38-25(26)33)15-27-8-10-35-11-9-27/h12,16,34H,1-11,13-15H2. The van der Waals surface area contributed by atoms with Crippen LogP contribution in [0.3, 0.4) is 0 Å². The van der Waals surface area contributed by atoms with E-state index < -0.39 is 42.3 Å². The van der Waals surface area contributed by atoms with Gasteiger partial charge in [0.1, 0.15) is 5.75 Å². The average molecular weight is 530 g/mol. The van der Waals surface area contributed by atoms with Crippen LogP contribution < -0.4 is 14.2 Å². The number of morpholine rings is 1. The lowest BCUT2D eigenvalue weighted by molar-refractivity contribution is -0.168. The van der Waals surface area contributed by atoms with Gasteiger partial charge in [-0.2, -0.15) is 0 Å². The Hall–Kier alpha value is -3.06. The molecule has 0 spiro atoms. The number of nitrogens with zero attached hydrogens (tertiary/aromatic N) is 3. The van der Waals surface area contributed by atoms with Crippen molar-refractivity contribution >= 4 is 23.8 Å². The molecule has 1 saturated carbocycles. The quantitative estimate of drug-likeness (QED) is 0.420. The minimum absolute atomic E-state index is 0.0286. The number of hydrogen-bond acceptors (Lipinski definition) is 11. The first-order valence-corrected chi connectivity index (χ1v) is 13.2. The largest absolute Gasteiger partial charge is 0.426 e. The third-order valence-electron chi connectivity index (χ3n) is 8.09. The van der Waals surface area contributed by atoms with E-state index in [0.717, 1.165) is 13.1 Å². The van der Waals surface area contributed by atoms with Crippen LogP contribution in [0, 0.1) is 0 Å². The van der Waals surface area contributed by atoms with Crippen LogP contribution in [-0.2, 0) is 25.7 Å². The molecule has 4 heterocycles. The summed E-state index contributed by atoms with van der Waals surface area (Å²) in [7, 11) is 0. The number of carbonyl (C=O) groups is 4. The van der Waals surface area contributed by atoms with E-state index in [1.165, 1.54) is 25.3 Å². The molecule has 204 valence electrons. The summed E-state index contributed by atoms with van der Waals surface area (Å²) >= 11 is 0. The zero-order valence-corrected chi connectivity index (χ0v) is 21.1. The lowest BCUT2D eigenvalue weighted by Crippen LogP contribution is -2.53. The Bertz CT molecular complexity index is 1170. The molecule has 12 nitrogen and oxygen atoms in total. The molecule has 1 N–H and O–H groups in total. The van der Waals surface area contributed by atoms with E-state index in [0.29, 0.717) is 45.4 Å². The van der Waals surface area contributed by atoms with Gasteiger partial charge < -0.3 is 29.0 Å². The van der Waals surface area contributed by atoms with Gasteiger partial charge in [-0.1, -0.05) is 6.42 Å². The van der Waals surface area contributed by atoms with E-state index in [1.54, 1.807) is 4.90 Å². The van der Waals surface area contributed by atoms with Crippen LogP contribution in [0.1, 0.15) is 48.0 Å². The maximum atomic E-state index is 13.8. The topological polar surface area (TPSA) is 135 Å². The number of carbonyl (C=O) groups excluding carboxylic acids is 4. The molecule has 1 aromatic rings. The van der Waals surface area contributed by atoms with Gasteiger partial charge in [0.2, 0.25) is 0 Å². The number of piperazine rings is 1. The maximum Gasteiger partial charge on any atom is 0.344 e. The highest BCUT2D eigenvalue weighted by atomic mass is 16.6. The molecule has 0 aromatic heterocycles. The van der Waals surface area contributed by atoms with Crippen molar-refractivity contribution < 1.29 is 43.2 Å². The number of hydrogen-bond donors (Lipinski definition) is 1. The zero-order chi connectivity index (χ0) is 26.4. The predicted octanol–water partition coefficient (Wildman–Crippen LogP) is 0.0838. The van der Waals surface area contributed by atoms with Crippen LogP contribution in [0.25, 0.3) is 0 Å². The number of amides is 1. The molecule has 1 atom stereocenters. The van der Waals surface area contributed by atoms with Gasteiger partial charge in [-0.3, -0.25) is 24.2 Å². The van der Waals surface area contributed by atoms with Crippen molar-refractivity contribution in [2.24, 2.45) is 0 Å². The van der Waals surface area contributed by atoms with E-state index in [2.05, 4.69) is 4.90 Å². The van der Waals surface area contributed by atoms with Crippen molar-refractivity contribution in [3.8, 4) is 17.2 Å². The Balaban J connectivity index is 1.41. The molecule has 6 rings (SSSR count). The number of ether oxygens (including phenoxy) is 4. The minimum atomic E-state index is -2.45. The van der Waals surface area contributed by atoms with Gasteiger partial charge in [0.15, 0.2) is 17.1 Å². The maximum absolute atomic E-state index is 13.8. The van der Waals surface area contributed by atoms with Gasteiger partial charge in [-0.15, -0.1) is 0 Å². The van der Waals surface area contributed by atoms with E-state index in [1.807, 2.05) is 4.90 Å². The Morgan fingerprint density at radius 2 is 1.61 bits per heavy atom. The SMILES string of the molecule is O=C1CC2(O)CC(=O)Oc3c(C(=O)N4CCN(C5CCC5)CC4)cc(c(CN4CCOCC4)c3OC2=O)O1. The third-order valence-corrected chi connectivity index (χ3v) is 8.09. The molecular weight excluding hydrogens is 498 g/mol. The van der Waals surface area contributed by atoms with Crippen LogP contribution in [0.2, 0.25) is 0 Å². The fourth-order valence-corrected chi connectivity index (χ4v) is 5.64. The number of rotatable bonds is 4. The summed E-state index contributed by atoms with van der Waals surface area (Å²) in [4.78, 5) is 58.7. The molecule has 1 amide bonds. The fourth-order valence-electron chi connectivity index (χ4n) is 5.64. The van der Waals surface area contributed by atoms with Gasteiger partial charge in [0, 0.05) is 51.9 Å². The van der Waals surface area contributed by atoms with Crippen LogP contribution in [0.4, 0.5) is 0 Å². The summed E-state index contributed by atoms with van der Waals surface area (Å²) in [5, 5.41) is 10.9. The van der Waals surface area contributed by atoms with Crippen LogP contribution >= 0.6 is 0 Å². The number of benzene rings is 1. The average Bonchev–Trinajstić information content (AvgIpc) is 2.87. The second-order valence-corrected chi connectivity index (χ2v) is 10.6. The van der Waals surface area contributed by atoms with E-state index in [4.69, 9.17) is 18.9 Å². The molecule has 1 aliphatic carbocycles. The fraction of sp³-hybridized carbons (Fsp3) is 0.615. The van der Waals surface area contributed by atoms with Crippen molar-refractivity contribution in [3.05, 3.63) is 17.2 Å². The second kappa shape index (κ2) is 9.92. The van der Waals surface area contributed by atoms with Crippen molar-refractivity contribution in [3.63, 3.8) is 0 Å². The monoisotopic (exact) mass is 529 g/mol. The molecule has 3 bridgehead atoms. The summed E-state index contributed by atoms with van der Waals surface area (Å²) in [6, 6.07) is 1.96. The van der Waals surface area contributed by atoms with E-state index >= 15 is 0 Å². The van der Waals surface area contributed by atoms with Gasteiger partial charge in [-0.05, 0) is 18.9 Å². The molecule has 1 aromatic carbocycles. The van der Waals surface area contributed by atoms with E-state index in [-0.39, 0.29) is 34.9 Å². The Morgan fingerprint density at radius 3 is 2.26 bits per heavy atom. The van der Waals surface area contributed by atoms with Gasteiger partial charge in [0.05, 0.1) is 37.2 Å². The number of fused-ring (bicyclic) bond motifs is 3.